The third kappa shape index (κ3) is 4.70. The van der Waals surface area contributed by atoms with Crippen LogP contribution in [0.1, 0.15) is 23.4 Å². The Kier molecular flexibility index (Phi) is 5.83. The van der Waals surface area contributed by atoms with Crippen molar-refractivity contribution >= 4 is 23.3 Å². The maximum Gasteiger partial charge on any atom is 0.573 e. The van der Waals surface area contributed by atoms with Gasteiger partial charge >= 0.3 is 18.4 Å². The summed E-state index contributed by atoms with van der Waals surface area (Å²) in [5, 5.41) is 4.61. The summed E-state index contributed by atoms with van der Waals surface area (Å²) in [6, 6.07) is 7.39. The predicted molar refractivity (Wildman–Crippen MR) is 99.0 cm³/mol. The molecule has 1 aliphatic rings. The number of carbonyl (C=O) groups is 2. The van der Waals surface area contributed by atoms with Crippen LogP contribution in [0.4, 0.5) is 18.0 Å². The normalized spacial score (nSPS) is 17.2. The van der Waals surface area contributed by atoms with Crippen molar-refractivity contribution in [1.29, 1.82) is 0 Å². The highest BCUT2D eigenvalue weighted by Gasteiger charge is 2.36. The zero-order valence-electron chi connectivity index (χ0n) is 15.4. The van der Waals surface area contributed by atoms with Crippen LogP contribution in [0, 0.1) is 0 Å². The number of nitrogens with one attached hydrogen (secondary N) is 1. The first-order chi connectivity index (χ1) is 13.7. The maximum atomic E-state index is 12.7. The van der Waals surface area contributed by atoms with Crippen LogP contribution in [0.5, 0.6) is 5.75 Å². The van der Waals surface area contributed by atoms with Crippen LogP contribution < -0.4 is 10.1 Å². The minimum atomic E-state index is -4.81. The lowest BCUT2D eigenvalue weighted by atomic mass is 9.95. The fraction of sp³-hybridized carbons (Fsp3) is 0.263. The predicted octanol–water partition coefficient (Wildman–Crippen LogP) is 4.36. The largest absolute Gasteiger partial charge is 0.573 e. The molecule has 6 nitrogen and oxygen atoms in total. The summed E-state index contributed by atoms with van der Waals surface area (Å²) in [5.74, 6) is -1.04. The molecule has 10 heteroatoms. The van der Waals surface area contributed by atoms with E-state index in [4.69, 9.17) is 4.74 Å². The lowest BCUT2D eigenvalue weighted by Gasteiger charge is -2.35. The van der Waals surface area contributed by atoms with Crippen LogP contribution in [-0.2, 0) is 16.1 Å². The fourth-order valence-electron chi connectivity index (χ4n) is 3.02. The first-order valence-corrected chi connectivity index (χ1v) is 9.33. The maximum absolute atomic E-state index is 12.7. The highest BCUT2D eigenvalue weighted by molar-refractivity contribution is 7.09. The molecule has 1 atom stereocenters. The number of thiophene rings is 1. The summed E-state index contributed by atoms with van der Waals surface area (Å²) in [6.45, 7) is 1.91. The van der Waals surface area contributed by atoms with E-state index < -0.39 is 30.2 Å². The highest BCUT2D eigenvalue weighted by Crippen LogP contribution is 2.33. The van der Waals surface area contributed by atoms with Gasteiger partial charge in [-0.3, -0.25) is 4.90 Å². The van der Waals surface area contributed by atoms with Crippen molar-refractivity contribution < 1.29 is 32.2 Å². The van der Waals surface area contributed by atoms with Crippen molar-refractivity contribution in [3.8, 4) is 5.75 Å². The summed E-state index contributed by atoms with van der Waals surface area (Å²) < 4.78 is 45.8. The minimum Gasteiger partial charge on any atom is -0.466 e. The van der Waals surface area contributed by atoms with E-state index in [0.717, 1.165) is 17.0 Å². The number of rotatable bonds is 5. The lowest BCUT2D eigenvalue weighted by Crippen LogP contribution is -2.47. The number of alkyl halides is 3. The van der Waals surface area contributed by atoms with E-state index in [1.54, 1.807) is 6.92 Å². The molecule has 29 heavy (non-hydrogen) atoms. The summed E-state index contributed by atoms with van der Waals surface area (Å²) in [5.41, 5.74) is 1.03. The molecule has 2 aromatic rings. The number of allylic oxidation sites excluding steroid dienone is 1. The molecular formula is C19H17F3N2O4S. The average molecular weight is 426 g/mol. The molecule has 1 aromatic heterocycles. The Balaban J connectivity index is 1.94. The van der Waals surface area contributed by atoms with E-state index in [-0.39, 0.29) is 12.1 Å². The second-order valence-electron chi connectivity index (χ2n) is 6.16. The van der Waals surface area contributed by atoms with Crippen molar-refractivity contribution in [1.82, 2.24) is 10.2 Å². The minimum absolute atomic E-state index is 0.202. The molecule has 0 saturated heterocycles. The summed E-state index contributed by atoms with van der Waals surface area (Å²) in [4.78, 5) is 27.5. The quantitative estimate of drug-likeness (QED) is 0.722. The van der Waals surface area contributed by atoms with Gasteiger partial charge in [-0.25, -0.2) is 9.59 Å². The molecule has 3 rings (SSSR count). The molecule has 1 N–H and O–H groups in total. The monoisotopic (exact) mass is 426 g/mol. The molecular weight excluding hydrogens is 409 g/mol. The third-order valence-corrected chi connectivity index (χ3v) is 5.20. The Morgan fingerprint density at radius 1 is 1.24 bits per heavy atom. The van der Waals surface area contributed by atoms with Gasteiger partial charge in [0.05, 0.1) is 25.3 Å². The van der Waals surface area contributed by atoms with Gasteiger partial charge in [0.25, 0.3) is 0 Å². The Hall–Kier alpha value is -3.01. The summed E-state index contributed by atoms with van der Waals surface area (Å²) in [7, 11) is 1.22. The Morgan fingerprint density at radius 3 is 2.48 bits per heavy atom. The van der Waals surface area contributed by atoms with E-state index in [2.05, 4.69) is 10.1 Å². The Morgan fingerprint density at radius 2 is 1.93 bits per heavy atom. The second-order valence-corrected chi connectivity index (χ2v) is 7.19. The zero-order chi connectivity index (χ0) is 21.2. The van der Waals surface area contributed by atoms with E-state index >= 15 is 0 Å². The van der Waals surface area contributed by atoms with Crippen LogP contribution in [0.15, 0.2) is 53.0 Å². The number of esters is 1. The molecule has 2 heterocycles. The number of urea groups is 1. The molecule has 154 valence electrons. The van der Waals surface area contributed by atoms with Gasteiger partial charge in [-0.05, 0) is 36.1 Å². The number of amides is 2. The summed E-state index contributed by atoms with van der Waals surface area (Å²) in [6.07, 6.45) is -4.81. The van der Waals surface area contributed by atoms with Gasteiger partial charge in [0, 0.05) is 10.6 Å². The van der Waals surface area contributed by atoms with E-state index in [1.807, 2.05) is 17.5 Å². The second kappa shape index (κ2) is 8.16. The van der Waals surface area contributed by atoms with Crippen LogP contribution in [0.25, 0.3) is 0 Å². The van der Waals surface area contributed by atoms with Gasteiger partial charge in [0.15, 0.2) is 0 Å². The van der Waals surface area contributed by atoms with Crippen molar-refractivity contribution in [2.75, 3.05) is 7.11 Å². The van der Waals surface area contributed by atoms with Gasteiger partial charge in [0.1, 0.15) is 5.75 Å². The number of methoxy groups -OCH3 is 1. The highest BCUT2D eigenvalue weighted by atomic mass is 32.1. The smallest absolute Gasteiger partial charge is 0.466 e. The standard InChI is InChI=1S/C19H17F3N2O4S/c1-11-15(17(25)27-2)16(12-5-7-13(8-6-12)28-19(20,21)22)23-18(26)24(11)10-14-4-3-9-29-14/h3-9,16H,10H2,1-2H3,(H,23,26). The number of hydrogen-bond acceptors (Lipinski definition) is 5. The lowest BCUT2D eigenvalue weighted by molar-refractivity contribution is -0.274. The van der Waals surface area contributed by atoms with Gasteiger partial charge in [-0.2, -0.15) is 0 Å². The molecule has 0 bridgehead atoms. The topological polar surface area (TPSA) is 67.9 Å². The fourth-order valence-corrected chi connectivity index (χ4v) is 3.71. The van der Waals surface area contributed by atoms with Gasteiger partial charge in [0.2, 0.25) is 0 Å². The Bertz CT molecular complexity index is 924. The van der Waals surface area contributed by atoms with Crippen molar-refractivity contribution in [2.45, 2.75) is 25.9 Å². The number of ether oxygens (including phenoxy) is 2. The van der Waals surface area contributed by atoms with Crippen LogP contribution in [-0.4, -0.2) is 30.4 Å². The van der Waals surface area contributed by atoms with Gasteiger partial charge < -0.3 is 14.8 Å². The zero-order valence-corrected chi connectivity index (χ0v) is 16.3. The molecule has 2 amide bonds. The number of halogens is 3. The number of carbonyl (C=O) groups excluding carboxylic acids is 2. The molecule has 1 unspecified atom stereocenters. The van der Waals surface area contributed by atoms with Crippen LogP contribution in [0.3, 0.4) is 0 Å². The molecule has 0 aliphatic carbocycles. The van der Waals surface area contributed by atoms with Gasteiger partial charge in [-0.1, -0.05) is 18.2 Å². The summed E-state index contributed by atoms with van der Waals surface area (Å²) >= 11 is 1.47. The van der Waals surface area contributed by atoms with E-state index in [9.17, 15) is 22.8 Å². The van der Waals surface area contributed by atoms with Crippen molar-refractivity contribution in [2.24, 2.45) is 0 Å². The number of hydrogen-bond donors (Lipinski definition) is 1. The molecule has 0 radical (unpaired) electrons. The first-order valence-electron chi connectivity index (χ1n) is 8.45. The van der Waals surface area contributed by atoms with Crippen molar-refractivity contribution in [3.63, 3.8) is 0 Å². The SMILES string of the molecule is COC(=O)C1=C(C)N(Cc2cccs2)C(=O)NC1c1ccc(OC(F)(F)F)cc1. The molecule has 1 aliphatic heterocycles. The van der Waals surface area contributed by atoms with E-state index in [0.29, 0.717) is 11.3 Å². The molecule has 0 fully saturated rings. The molecule has 1 aromatic carbocycles. The van der Waals surface area contributed by atoms with Crippen LogP contribution in [0.2, 0.25) is 0 Å². The Labute approximate surface area is 168 Å². The van der Waals surface area contributed by atoms with Crippen LogP contribution >= 0.6 is 11.3 Å². The molecule has 0 spiro atoms. The number of nitrogens with zero attached hydrogens (tertiary/aromatic N) is 1. The van der Waals surface area contributed by atoms with E-state index in [1.165, 1.54) is 35.5 Å². The van der Waals surface area contributed by atoms with Gasteiger partial charge in [-0.15, -0.1) is 24.5 Å². The molecule has 0 saturated carbocycles. The average Bonchev–Trinajstić information content (AvgIpc) is 3.17. The third-order valence-electron chi connectivity index (χ3n) is 4.34. The number of benzene rings is 1. The first kappa shape index (κ1) is 20.7. The van der Waals surface area contributed by atoms with Crippen molar-refractivity contribution in [3.05, 3.63) is 63.5 Å².